The van der Waals surface area contributed by atoms with Crippen molar-refractivity contribution in [3.63, 3.8) is 0 Å². The van der Waals surface area contributed by atoms with Gasteiger partial charge in [-0.25, -0.2) is 14.8 Å². The molecular weight excluding hydrogens is 331 g/mol. The van der Waals surface area contributed by atoms with Crippen molar-refractivity contribution in [3.05, 3.63) is 84.4 Å². The third-order valence-corrected chi connectivity index (χ3v) is 4.19. The van der Waals surface area contributed by atoms with Crippen LogP contribution in [0.25, 0.3) is 33.3 Å². The molecule has 0 unspecified atom stereocenters. The number of nitrogens with zero attached hydrogens (tertiary/aromatic N) is 2. The lowest BCUT2D eigenvalue weighted by atomic mass is 10.0. The molecule has 0 atom stereocenters. The maximum absolute atomic E-state index is 13.0. The summed E-state index contributed by atoms with van der Waals surface area (Å²) in [5, 5.41) is 10.1. The molecule has 5 heteroatoms. The van der Waals surface area contributed by atoms with Crippen LogP contribution in [-0.4, -0.2) is 21.0 Å². The molecular formula is C21H13FN2O2. The van der Waals surface area contributed by atoms with Gasteiger partial charge in [-0.2, -0.15) is 4.39 Å². The molecule has 2 aromatic heterocycles. The molecule has 26 heavy (non-hydrogen) atoms. The standard InChI is InChI=1S/C21H13FN2O2/c22-20-10-9-15(12-23-20)13-5-7-14(8-6-13)19-11-17(21(25)26)16-3-1-2-4-18(16)24-19/h1-12H,(H,25,26). The maximum atomic E-state index is 13.0. The van der Waals surface area contributed by atoms with Gasteiger partial charge in [0.1, 0.15) is 0 Å². The Morgan fingerprint density at radius 2 is 1.58 bits per heavy atom. The van der Waals surface area contributed by atoms with Crippen LogP contribution in [-0.2, 0) is 0 Å². The average molecular weight is 344 g/mol. The van der Waals surface area contributed by atoms with E-state index < -0.39 is 11.9 Å². The van der Waals surface area contributed by atoms with Crippen molar-refractivity contribution in [2.45, 2.75) is 0 Å². The van der Waals surface area contributed by atoms with E-state index in [0.717, 1.165) is 16.7 Å². The summed E-state index contributed by atoms with van der Waals surface area (Å²) in [6.45, 7) is 0. The smallest absolute Gasteiger partial charge is 0.336 e. The lowest BCUT2D eigenvalue weighted by Gasteiger charge is -2.08. The highest BCUT2D eigenvalue weighted by Gasteiger charge is 2.12. The van der Waals surface area contributed by atoms with Gasteiger partial charge in [-0.15, -0.1) is 0 Å². The second kappa shape index (κ2) is 6.37. The first-order chi connectivity index (χ1) is 12.6. The molecule has 0 aliphatic rings. The molecule has 0 radical (unpaired) electrons. The highest BCUT2D eigenvalue weighted by Crippen LogP contribution is 2.27. The second-order valence-corrected chi connectivity index (χ2v) is 5.82. The Morgan fingerprint density at radius 1 is 0.885 bits per heavy atom. The van der Waals surface area contributed by atoms with Crippen LogP contribution in [0.5, 0.6) is 0 Å². The van der Waals surface area contributed by atoms with Gasteiger partial charge in [0, 0.05) is 22.7 Å². The lowest BCUT2D eigenvalue weighted by Crippen LogP contribution is -2.00. The average Bonchev–Trinajstić information content (AvgIpc) is 2.68. The topological polar surface area (TPSA) is 63.1 Å². The Balaban J connectivity index is 1.78. The predicted molar refractivity (Wildman–Crippen MR) is 97.3 cm³/mol. The Labute approximate surface area is 148 Å². The third-order valence-electron chi connectivity index (χ3n) is 4.19. The minimum absolute atomic E-state index is 0.220. The van der Waals surface area contributed by atoms with Gasteiger partial charge in [-0.05, 0) is 29.8 Å². The summed E-state index contributed by atoms with van der Waals surface area (Å²) in [5.41, 5.74) is 3.93. The second-order valence-electron chi connectivity index (χ2n) is 5.82. The zero-order valence-electron chi connectivity index (χ0n) is 13.6. The quantitative estimate of drug-likeness (QED) is 0.542. The molecule has 0 saturated heterocycles. The van der Waals surface area contributed by atoms with Crippen LogP contribution in [0.4, 0.5) is 4.39 Å². The molecule has 4 nitrogen and oxygen atoms in total. The minimum Gasteiger partial charge on any atom is -0.478 e. The fraction of sp³-hybridized carbons (Fsp3) is 0. The number of halogens is 1. The first-order valence-corrected chi connectivity index (χ1v) is 7.97. The van der Waals surface area contributed by atoms with E-state index in [1.54, 1.807) is 30.3 Å². The van der Waals surface area contributed by atoms with E-state index in [9.17, 15) is 14.3 Å². The van der Waals surface area contributed by atoms with Gasteiger partial charge in [0.15, 0.2) is 0 Å². The first kappa shape index (κ1) is 15.9. The normalized spacial score (nSPS) is 10.8. The van der Waals surface area contributed by atoms with E-state index in [0.29, 0.717) is 16.6 Å². The highest BCUT2D eigenvalue weighted by molar-refractivity contribution is 6.03. The zero-order valence-corrected chi connectivity index (χ0v) is 13.6. The molecule has 0 bridgehead atoms. The number of carboxylic acids is 1. The van der Waals surface area contributed by atoms with Crippen molar-refractivity contribution in [1.82, 2.24) is 9.97 Å². The fourth-order valence-electron chi connectivity index (χ4n) is 2.88. The molecule has 0 amide bonds. The van der Waals surface area contributed by atoms with E-state index >= 15 is 0 Å². The van der Waals surface area contributed by atoms with E-state index in [1.807, 2.05) is 30.3 Å². The number of pyridine rings is 2. The zero-order chi connectivity index (χ0) is 18.1. The van der Waals surface area contributed by atoms with Crippen molar-refractivity contribution in [3.8, 4) is 22.4 Å². The molecule has 0 aliphatic heterocycles. The van der Waals surface area contributed by atoms with Crippen LogP contribution in [0, 0.1) is 5.95 Å². The summed E-state index contributed by atoms with van der Waals surface area (Å²) in [6, 6.07) is 19.2. The maximum Gasteiger partial charge on any atom is 0.336 e. The Hall–Kier alpha value is -3.60. The number of benzene rings is 2. The molecule has 0 aliphatic carbocycles. The minimum atomic E-state index is -0.987. The van der Waals surface area contributed by atoms with Crippen molar-refractivity contribution >= 4 is 16.9 Å². The number of aromatic nitrogens is 2. The van der Waals surface area contributed by atoms with Crippen LogP contribution in [0.2, 0.25) is 0 Å². The first-order valence-electron chi connectivity index (χ1n) is 7.97. The molecule has 0 saturated carbocycles. The number of para-hydroxylation sites is 1. The number of hydrogen-bond acceptors (Lipinski definition) is 3. The van der Waals surface area contributed by atoms with Gasteiger partial charge < -0.3 is 5.11 Å². The summed E-state index contributed by atoms with van der Waals surface area (Å²) < 4.78 is 13.0. The molecule has 4 rings (SSSR count). The van der Waals surface area contributed by atoms with Crippen LogP contribution < -0.4 is 0 Å². The summed E-state index contributed by atoms with van der Waals surface area (Å²) >= 11 is 0. The van der Waals surface area contributed by atoms with Crippen molar-refractivity contribution in [2.75, 3.05) is 0 Å². The van der Waals surface area contributed by atoms with Gasteiger partial charge in [0.2, 0.25) is 5.95 Å². The van der Waals surface area contributed by atoms with Crippen molar-refractivity contribution in [2.24, 2.45) is 0 Å². The van der Waals surface area contributed by atoms with Gasteiger partial charge in [0.25, 0.3) is 0 Å². The van der Waals surface area contributed by atoms with E-state index in [1.165, 1.54) is 12.3 Å². The number of carbonyl (C=O) groups is 1. The third kappa shape index (κ3) is 2.91. The summed E-state index contributed by atoms with van der Waals surface area (Å²) in [5.74, 6) is -1.51. The fourth-order valence-corrected chi connectivity index (χ4v) is 2.88. The van der Waals surface area contributed by atoms with Crippen LogP contribution >= 0.6 is 0 Å². The predicted octanol–water partition coefficient (Wildman–Crippen LogP) is 4.80. The number of hydrogen-bond donors (Lipinski definition) is 1. The molecule has 1 N–H and O–H groups in total. The Morgan fingerprint density at radius 3 is 2.27 bits per heavy atom. The molecule has 0 fully saturated rings. The van der Waals surface area contributed by atoms with Crippen molar-refractivity contribution < 1.29 is 14.3 Å². The Bertz CT molecular complexity index is 1110. The van der Waals surface area contributed by atoms with E-state index in [4.69, 9.17) is 0 Å². The van der Waals surface area contributed by atoms with Gasteiger partial charge >= 0.3 is 5.97 Å². The van der Waals surface area contributed by atoms with Crippen LogP contribution in [0.15, 0.2) is 72.9 Å². The molecule has 4 aromatic rings. The lowest BCUT2D eigenvalue weighted by molar-refractivity contribution is 0.0699. The molecule has 2 heterocycles. The van der Waals surface area contributed by atoms with E-state index in [2.05, 4.69) is 9.97 Å². The largest absolute Gasteiger partial charge is 0.478 e. The molecule has 2 aromatic carbocycles. The van der Waals surface area contributed by atoms with Gasteiger partial charge in [-0.1, -0.05) is 42.5 Å². The number of fused-ring (bicyclic) bond motifs is 1. The van der Waals surface area contributed by atoms with Crippen LogP contribution in [0.1, 0.15) is 10.4 Å². The Kier molecular flexibility index (Phi) is 3.89. The molecule has 0 spiro atoms. The summed E-state index contributed by atoms with van der Waals surface area (Å²) in [7, 11) is 0. The van der Waals surface area contributed by atoms with Crippen LogP contribution in [0.3, 0.4) is 0 Å². The van der Waals surface area contributed by atoms with Crippen molar-refractivity contribution in [1.29, 1.82) is 0 Å². The monoisotopic (exact) mass is 344 g/mol. The molecule has 126 valence electrons. The summed E-state index contributed by atoms with van der Waals surface area (Å²) in [6.07, 6.45) is 1.47. The van der Waals surface area contributed by atoms with E-state index in [-0.39, 0.29) is 5.56 Å². The van der Waals surface area contributed by atoms with Gasteiger partial charge in [-0.3, -0.25) is 0 Å². The SMILES string of the molecule is O=C(O)c1cc(-c2ccc(-c3ccc(F)nc3)cc2)nc2ccccc12. The highest BCUT2D eigenvalue weighted by atomic mass is 19.1. The number of carboxylic acid groups (broad SMARTS) is 1. The number of rotatable bonds is 3. The summed E-state index contributed by atoms with van der Waals surface area (Å²) in [4.78, 5) is 19.8. The van der Waals surface area contributed by atoms with Gasteiger partial charge in [0.05, 0.1) is 16.8 Å². The number of aromatic carboxylic acids is 1.